The monoisotopic (exact) mass is 1200 g/mol. The SMILES string of the molecule is CC(O)COC(C)COC(C)COC(C)COC(CO)CC(O)COCCOCCOCCOCCOCCOCCOCCOCCOCCOCCOCCOCCOCCOCCOCCOCCOCCOCCOCCO. The molecule has 0 amide bonds. The normalized spacial score (nSPS) is 14.2. The summed E-state index contributed by atoms with van der Waals surface area (Å²) >= 11 is 0. The van der Waals surface area contributed by atoms with Crippen molar-refractivity contribution in [2.45, 2.75) is 70.7 Å². The fourth-order valence-electron chi connectivity index (χ4n) is 6.13. The molecule has 0 radical (unpaired) electrons. The molecule has 0 fully saturated rings. The number of hydrogen-bond donors (Lipinski definition) is 4. The summed E-state index contributed by atoms with van der Waals surface area (Å²) in [5.41, 5.74) is 0. The van der Waals surface area contributed by atoms with E-state index in [2.05, 4.69) is 0 Å². The van der Waals surface area contributed by atoms with Crippen molar-refractivity contribution in [3.05, 3.63) is 0 Å². The van der Waals surface area contributed by atoms with E-state index in [1.807, 2.05) is 20.8 Å². The first-order chi connectivity index (χ1) is 40.3. The Morgan fingerprint density at radius 3 is 0.634 bits per heavy atom. The maximum Gasteiger partial charge on any atom is 0.0832 e. The van der Waals surface area contributed by atoms with E-state index in [4.69, 9.17) is 114 Å². The van der Waals surface area contributed by atoms with Gasteiger partial charge in [-0.3, -0.25) is 0 Å². The first-order valence-electron chi connectivity index (χ1n) is 29.3. The van der Waals surface area contributed by atoms with Gasteiger partial charge in [0.1, 0.15) is 0 Å². The van der Waals surface area contributed by atoms with E-state index in [1.54, 1.807) is 6.92 Å². The van der Waals surface area contributed by atoms with E-state index in [0.29, 0.717) is 258 Å². The Bertz CT molecular complexity index is 1180. The Labute approximate surface area is 489 Å². The Hall–Kier alpha value is -1.08. The summed E-state index contributed by atoms with van der Waals surface area (Å²) in [5.74, 6) is 0. The van der Waals surface area contributed by atoms with Crippen LogP contribution in [-0.4, -0.2) is 348 Å². The predicted octanol–water partition coefficient (Wildman–Crippen LogP) is 0.0187. The van der Waals surface area contributed by atoms with Crippen LogP contribution < -0.4 is 0 Å². The van der Waals surface area contributed by atoms with Crippen molar-refractivity contribution in [3.8, 4) is 0 Å². The highest BCUT2D eigenvalue weighted by atomic mass is 16.6. The van der Waals surface area contributed by atoms with Gasteiger partial charge in [0.2, 0.25) is 0 Å². The second-order valence-electron chi connectivity index (χ2n) is 18.1. The molecular formula is C55H112O27. The minimum atomic E-state index is -0.803. The van der Waals surface area contributed by atoms with E-state index in [0.717, 1.165) is 0 Å². The molecule has 0 aliphatic heterocycles. The second-order valence-corrected chi connectivity index (χ2v) is 18.1. The predicted molar refractivity (Wildman–Crippen MR) is 298 cm³/mol. The van der Waals surface area contributed by atoms with E-state index >= 15 is 0 Å². The summed E-state index contributed by atoms with van der Waals surface area (Å²) in [4.78, 5) is 0. The minimum Gasteiger partial charge on any atom is -0.394 e. The molecule has 82 heavy (non-hydrogen) atoms. The van der Waals surface area contributed by atoms with Crippen LogP contribution in [0, 0.1) is 0 Å². The molecule has 494 valence electrons. The zero-order valence-corrected chi connectivity index (χ0v) is 50.5. The molecule has 27 heteroatoms. The van der Waals surface area contributed by atoms with Gasteiger partial charge in [-0.2, -0.15) is 0 Å². The number of ether oxygens (including phenoxy) is 23. The van der Waals surface area contributed by atoms with Crippen molar-refractivity contribution < 1.29 is 129 Å². The summed E-state index contributed by atoms with van der Waals surface area (Å²) in [5, 5.41) is 38.0. The molecule has 0 heterocycles. The number of aliphatic hydroxyl groups excluding tert-OH is 4. The molecule has 0 aliphatic rings. The number of aliphatic hydroxyl groups is 4. The standard InChI is InChI=1S/C55H112O27/c1-50(58)45-79-51(2)46-80-52(3)47-81-53(4)48-82-55(44-57)43-54(59)49-78-42-41-77-40-39-76-38-37-75-36-35-74-34-33-73-32-31-72-30-29-71-28-27-70-26-25-69-24-23-68-22-21-67-20-19-66-18-17-65-16-15-64-14-13-63-12-11-62-10-9-61-8-7-60-6-5-56/h50-59H,5-49H2,1-4H3. The molecule has 0 rings (SSSR count). The van der Waals surface area contributed by atoms with Gasteiger partial charge in [0.15, 0.2) is 0 Å². The van der Waals surface area contributed by atoms with E-state index in [1.165, 1.54) is 0 Å². The van der Waals surface area contributed by atoms with Crippen molar-refractivity contribution >= 4 is 0 Å². The van der Waals surface area contributed by atoms with E-state index in [-0.39, 0.29) is 57.8 Å². The molecular weight excluding hydrogens is 1090 g/mol. The molecule has 0 aliphatic carbocycles. The lowest BCUT2D eigenvalue weighted by molar-refractivity contribution is -0.101. The van der Waals surface area contributed by atoms with Crippen LogP contribution >= 0.6 is 0 Å². The van der Waals surface area contributed by atoms with Crippen molar-refractivity contribution in [2.24, 2.45) is 0 Å². The zero-order chi connectivity index (χ0) is 59.5. The van der Waals surface area contributed by atoms with Crippen molar-refractivity contribution in [1.82, 2.24) is 0 Å². The molecule has 4 N–H and O–H groups in total. The zero-order valence-electron chi connectivity index (χ0n) is 50.5. The summed E-state index contributed by atoms with van der Waals surface area (Å²) in [7, 11) is 0. The molecule has 6 atom stereocenters. The maximum atomic E-state index is 10.3. The summed E-state index contributed by atoms with van der Waals surface area (Å²) in [6.07, 6.45) is -2.19. The minimum absolute atomic E-state index is 0.0156. The summed E-state index contributed by atoms with van der Waals surface area (Å²) < 4.78 is 127. The average Bonchev–Trinajstić information content (AvgIpc) is 3.47. The van der Waals surface area contributed by atoms with Crippen LogP contribution in [0.2, 0.25) is 0 Å². The molecule has 0 saturated carbocycles. The second kappa shape index (κ2) is 69.0. The molecule has 0 aromatic rings. The van der Waals surface area contributed by atoms with Crippen molar-refractivity contribution in [2.75, 3.05) is 291 Å². The molecule has 0 aromatic heterocycles. The lowest BCUT2D eigenvalue weighted by Gasteiger charge is -2.23. The number of hydrogen-bond acceptors (Lipinski definition) is 27. The van der Waals surface area contributed by atoms with Gasteiger partial charge in [0.05, 0.1) is 327 Å². The molecule has 0 saturated heterocycles. The van der Waals surface area contributed by atoms with Crippen LogP contribution in [0.3, 0.4) is 0 Å². The lowest BCUT2D eigenvalue weighted by Crippen LogP contribution is -2.31. The lowest BCUT2D eigenvalue weighted by atomic mass is 10.2. The van der Waals surface area contributed by atoms with Gasteiger partial charge in [-0.15, -0.1) is 0 Å². The highest BCUT2D eigenvalue weighted by molar-refractivity contribution is 4.65. The molecule has 0 bridgehead atoms. The third kappa shape index (κ3) is 68.0. The number of rotatable bonds is 73. The Morgan fingerprint density at radius 1 is 0.232 bits per heavy atom. The first kappa shape index (κ1) is 80.9. The fraction of sp³-hybridized carbons (Fsp3) is 1.00. The van der Waals surface area contributed by atoms with Crippen LogP contribution in [0.5, 0.6) is 0 Å². The summed E-state index contributed by atoms with van der Waals surface area (Å²) in [6, 6.07) is 0. The molecule has 27 nitrogen and oxygen atoms in total. The van der Waals surface area contributed by atoms with Crippen LogP contribution in [0.4, 0.5) is 0 Å². The van der Waals surface area contributed by atoms with Crippen LogP contribution in [0.15, 0.2) is 0 Å². The van der Waals surface area contributed by atoms with Gasteiger partial charge >= 0.3 is 0 Å². The van der Waals surface area contributed by atoms with E-state index in [9.17, 15) is 15.3 Å². The summed E-state index contributed by atoms with van der Waals surface area (Å²) in [6.45, 7) is 25.5. The quantitative estimate of drug-likeness (QED) is 0.0584. The molecule has 0 spiro atoms. The third-order valence-corrected chi connectivity index (χ3v) is 10.4. The Kier molecular flexibility index (Phi) is 68.1. The van der Waals surface area contributed by atoms with Gasteiger partial charge < -0.3 is 129 Å². The molecule has 0 aromatic carbocycles. The molecule has 6 unspecified atom stereocenters. The van der Waals surface area contributed by atoms with Crippen LogP contribution in [0.25, 0.3) is 0 Å². The van der Waals surface area contributed by atoms with Crippen LogP contribution in [0.1, 0.15) is 34.1 Å². The van der Waals surface area contributed by atoms with Gasteiger partial charge in [-0.1, -0.05) is 0 Å². The van der Waals surface area contributed by atoms with Gasteiger partial charge in [-0.05, 0) is 27.7 Å². The highest BCUT2D eigenvalue weighted by Crippen LogP contribution is 2.07. The first-order valence-corrected chi connectivity index (χ1v) is 29.3. The van der Waals surface area contributed by atoms with Gasteiger partial charge in [0, 0.05) is 6.42 Å². The largest absolute Gasteiger partial charge is 0.394 e. The Balaban J connectivity index is 3.26. The van der Waals surface area contributed by atoms with Crippen LogP contribution in [-0.2, 0) is 109 Å². The topological polar surface area (TPSA) is 293 Å². The smallest absolute Gasteiger partial charge is 0.0832 e. The van der Waals surface area contributed by atoms with Crippen molar-refractivity contribution in [1.29, 1.82) is 0 Å². The third-order valence-electron chi connectivity index (χ3n) is 10.4. The van der Waals surface area contributed by atoms with Gasteiger partial charge in [0.25, 0.3) is 0 Å². The van der Waals surface area contributed by atoms with Gasteiger partial charge in [-0.25, -0.2) is 0 Å². The van der Waals surface area contributed by atoms with Crippen molar-refractivity contribution in [3.63, 3.8) is 0 Å². The van der Waals surface area contributed by atoms with E-state index < -0.39 is 18.3 Å². The Morgan fingerprint density at radius 2 is 0.427 bits per heavy atom. The highest BCUT2D eigenvalue weighted by Gasteiger charge is 2.17. The maximum absolute atomic E-state index is 10.3. The average molecular weight is 1210 g/mol. The fourth-order valence-corrected chi connectivity index (χ4v) is 6.13.